The van der Waals surface area contributed by atoms with E-state index in [9.17, 15) is 0 Å². The quantitative estimate of drug-likeness (QED) is 0.896. The molecule has 1 aromatic heterocycles. The first-order valence-corrected chi connectivity index (χ1v) is 8.09. The molecule has 118 valence electrons. The Morgan fingerprint density at radius 1 is 1.19 bits per heavy atom. The van der Waals surface area contributed by atoms with E-state index in [1.54, 1.807) is 0 Å². The molecule has 1 saturated heterocycles. The molecule has 0 amide bonds. The van der Waals surface area contributed by atoms with Crippen molar-refractivity contribution in [2.75, 3.05) is 37.6 Å². The van der Waals surface area contributed by atoms with Gasteiger partial charge in [0, 0.05) is 50.2 Å². The van der Waals surface area contributed by atoms with Crippen LogP contribution in [0, 0.1) is 6.92 Å². The van der Waals surface area contributed by atoms with E-state index in [1.807, 2.05) is 0 Å². The number of nitrogens with two attached hydrogens (primary N) is 1. The lowest BCUT2D eigenvalue weighted by Gasteiger charge is -2.38. The van der Waals surface area contributed by atoms with Crippen molar-refractivity contribution in [1.29, 1.82) is 0 Å². The highest BCUT2D eigenvalue weighted by Gasteiger charge is 2.23. The second-order valence-electron chi connectivity index (χ2n) is 6.21. The van der Waals surface area contributed by atoms with Crippen LogP contribution in [0.3, 0.4) is 0 Å². The van der Waals surface area contributed by atoms with Crippen molar-refractivity contribution in [3.05, 3.63) is 17.5 Å². The number of nitrogens with zero attached hydrogens (tertiary/aromatic N) is 4. The number of hydrogen-bond acceptors (Lipinski definition) is 5. The first-order chi connectivity index (χ1) is 10.0. The third kappa shape index (κ3) is 3.92. The van der Waals surface area contributed by atoms with Crippen LogP contribution in [0.2, 0.25) is 0 Å². The van der Waals surface area contributed by atoms with Crippen molar-refractivity contribution < 1.29 is 0 Å². The summed E-state index contributed by atoms with van der Waals surface area (Å²) in [5, 5.41) is 0. The Hall–Kier alpha value is -1.20. The van der Waals surface area contributed by atoms with Gasteiger partial charge in [-0.25, -0.2) is 9.97 Å². The van der Waals surface area contributed by atoms with Gasteiger partial charge in [-0.2, -0.15) is 0 Å². The van der Waals surface area contributed by atoms with Crippen LogP contribution in [-0.2, 0) is 0 Å². The second-order valence-corrected chi connectivity index (χ2v) is 6.21. The highest BCUT2D eigenvalue weighted by Crippen LogP contribution is 2.18. The molecule has 0 aromatic carbocycles. The van der Waals surface area contributed by atoms with E-state index < -0.39 is 0 Å². The normalized spacial score (nSPS) is 18.3. The van der Waals surface area contributed by atoms with Crippen molar-refractivity contribution >= 4 is 5.95 Å². The molecule has 0 radical (unpaired) electrons. The SMILES string of the molecule is CCC(CN)N1CCN(c2nc(C)cc(C(C)C)n2)CC1. The van der Waals surface area contributed by atoms with E-state index in [1.165, 1.54) is 0 Å². The summed E-state index contributed by atoms with van der Waals surface area (Å²) in [5.41, 5.74) is 8.04. The highest BCUT2D eigenvalue weighted by molar-refractivity contribution is 5.34. The molecule has 1 aliphatic rings. The van der Waals surface area contributed by atoms with E-state index in [0.29, 0.717) is 12.0 Å². The molecule has 1 atom stereocenters. The Bertz CT molecular complexity index is 448. The predicted molar refractivity (Wildman–Crippen MR) is 87.8 cm³/mol. The molecule has 1 aromatic rings. The Morgan fingerprint density at radius 3 is 2.38 bits per heavy atom. The zero-order valence-corrected chi connectivity index (χ0v) is 13.8. The van der Waals surface area contributed by atoms with Gasteiger partial charge in [-0.15, -0.1) is 0 Å². The van der Waals surface area contributed by atoms with Crippen molar-refractivity contribution in [3.8, 4) is 0 Å². The van der Waals surface area contributed by atoms with Crippen LogP contribution >= 0.6 is 0 Å². The smallest absolute Gasteiger partial charge is 0.225 e. The molecule has 5 nitrogen and oxygen atoms in total. The number of aryl methyl sites for hydroxylation is 1. The number of piperazine rings is 1. The fraction of sp³-hybridized carbons (Fsp3) is 0.750. The van der Waals surface area contributed by atoms with Crippen LogP contribution in [0.25, 0.3) is 0 Å². The van der Waals surface area contributed by atoms with Crippen LogP contribution < -0.4 is 10.6 Å². The van der Waals surface area contributed by atoms with Crippen molar-refractivity contribution in [2.24, 2.45) is 5.73 Å². The number of hydrogen-bond donors (Lipinski definition) is 1. The average Bonchev–Trinajstić information content (AvgIpc) is 2.48. The third-order valence-electron chi connectivity index (χ3n) is 4.31. The van der Waals surface area contributed by atoms with Gasteiger partial charge in [0.2, 0.25) is 5.95 Å². The molecule has 2 rings (SSSR count). The zero-order chi connectivity index (χ0) is 15.4. The fourth-order valence-corrected chi connectivity index (χ4v) is 2.87. The molecule has 0 bridgehead atoms. The zero-order valence-electron chi connectivity index (χ0n) is 13.8. The molecule has 0 aliphatic carbocycles. The van der Waals surface area contributed by atoms with Gasteiger partial charge in [-0.1, -0.05) is 20.8 Å². The summed E-state index contributed by atoms with van der Waals surface area (Å²) < 4.78 is 0. The molecular formula is C16H29N5. The maximum Gasteiger partial charge on any atom is 0.225 e. The van der Waals surface area contributed by atoms with E-state index in [4.69, 9.17) is 10.7 Å². The molecule has 5 heteroatoms. The maximum absolute atomic E-state index is 5.85. The van der Waals surface area contributed by atoms with Crippen molar-refractivity contribution in [1.82, 2.24) is 14.9 Å². The minimum absolute atomic E-state index is 0.438. The summed E-state index contributed by atoms with van der Waals surface area (Å²) in [7, 11) is 0. The Kier molecular flexibility index (Phi) is 5.53. The Balaban J connectivity index is 2.05. The average molecular weight is 291 g/mol. The molecule has 2 heterocycles. The van der Waals surface area contributed by atoms with Crippen LogP contribution in [0.1, 0.15) is 44.5 Å². The van der Waals surface area contributed by atoms with Crippen LogP contribution in [0.15, 0.2) is 6.07 Å². The molecule has 0 spiro atoms. The van der Waals surface area contributed by atoms with Gasteiger partial charge in [0.25, 0.3) is 0 Å². The van der Waals surface area contributed by atoms with E-state index in [2.05, 4.69) is 48.5 Å². The second kappa shape index (κ2) is 7.18. The third-order valence-corrected chi connectivity index (χ3v) is 4.31. The summed E-state index contributed by atoms with van der Waals surface area (Å²) in [5.74, 6) is 1.33. The number of anilines is 1. The van der Waals surface area contributed by atoms with Crippen molar-refractivity contribution in [2.45, 2.75) is 46.1 Å². The van der Waals surface area contributed by atoms with Gasteiger partial charge in [0.15, 0.2) is 0 Å². The van der Waals surface area contributed by atoms with Gasteiger partial charge < -0.3 is 10.6 Å². The van der Waals surface area contributed by atoms with Gasteiger partial charge in [-0.3, -0.25) is 4.90 Å². The van der Waals surface area contributed by atoms with E-state index >= 15 is 0 Å². The van der Waals surface area contributed by atoms with Gasteiger partial charge in [0.1, 0.15) is 0 Å². The molecule has 0 saturated carbocycles. The van der Waals surface area contributed by atoms with Crippen LogP contribution in [-0.4, -0.2) is 53.6 Å². The first-order valence-electron chi connectivity index (χ1n) is 8.09. The Morgan fingerprint density at radius 2 is 1.86 bits per heavy atom. The summed E-state index contributed by atoms with van der Waals surface area (Å²) in [6.45, 7) is 13.4. The molecule has 1 unspecified atom stereocenters. The summed E-state index contributed by atoms with van der Waals surface area (Å²) in [4.78, 5) is 14.2. The maximum atomic E-state index is 5.85. The molecule has 1 aliphatic heterocycles. The minimum atomic E-state index is 0.438. The molecule has 1 fully saturated rings. The highest BCUT2D eigenvalue weighted by atomic mass is 15.3. The summed E-state index contributed by atoms with van der Waals surface area (Å²) >= 11 is 0. The van der Waals surface area contributed by atoms with E-state index in [0.717, 1.165) is 56.5 Å². The standard InChI is InChI=1S/C16H29N5/c1-5-14(11-17)20-6-8-21(9-7-20)16-18-13(4)10-15(19-16)12(2)3/h10,12,14H,5-9,11,17H2,1-4H3. The molecule has 2 N–H and O–H groups in total. The number of rotatable bonds is 5. The summed E-state index contributed by atoms with van der Waals surface area (Å²) in [6.07, 6.45) is 1.12. The summed E-state index contributed by atoms with van der Waals surface area (Å²) in [6, 6.07) is 2.60. The lowest BCUT2D eigenvalue weighted by molar-refractivity contribution is 0.184. The van der Waals surface area contributed by atoms with Gasteiger partial charge in [-0.05, 0) is 25.3 Å². The minimum Gasteiger partial charge on any atom is -0.338 e. The number of aromatic nitrogens is 2. The van der Waals surface area contributed by atoms with Gasteiger partial charge >= 0.3 is 0 Å². The molecule has 21 heavy (non-hydrogen) atoms. The Labute approximate surface area is 128 Å². The largest absolute Gasteiger partial charge is 0.338 e. The topological polar surface area (TPSA) is 58.3 Å². The van der Waals surface area contributed by atoms with Crippen LogP contribution in [0.4, 0.5) is 5.95 Å². The lowest BCUT2D eigenvalue weighted by Crippen LogP contribution is -2.52. The monoisotopic (exact) mass is 291 g/mol. The fourth-order valence-electron chi connectivity index (χ4n) is 2.87. The van der Waals surface area contributed by atoms with Crippen molar-refractivity contribution in [3.63, 3.8) is 0 Å². The first kappa shape index (κ1) is 16.2. The lowest BCUT2D eigenvalue weighted by atomic mass is 10.1. The van der Waals surface area contributed by atoms with E-state index in [-0.39, 0.29) is 0 Å². The van der Waals surface area contributed by atoms with Crippen LogP contribution in [0.5, 0.6) is 0 Å². The molecular weight excluding hydrogens is 262 g/mol. The van der Waals surface area contributed by atoms with Gasteiger partial charge in [0.05, 0.1) is 0 Å². The predicted octanol–water partition coefficient (Wildman–Crippen LogP) is 1.77.